The Morgan fingerprint density at radius 3 is 2.50 bits per heavy atom. The molecule has 18 heavy (non-hydrogen) atoms. The number of rotatable bonds is 2. The van der Waals surface area contributed by atoms with Gasteiger partial charge in [0.25, 0.3) is 0 Å². The van der Waals surface area contributed by atoms with Crippen LogP contribution in [-0.2, 0) is 0 Å². The van der Waals surface area contributed by atoms with Gasteiger partial charge in [0.1, 0.15) is 5.75 Å². The highest BCUT2D eigenvalue weighted by Gasteiger charge is 2.04. The molecule has 0 saturated heterocycles. The molecule has 3 rings (SSSR count). The Labute approximate surface area is 110 Å². The number of phenolic OH excluding ortho intramolecular Hbond substituents is 1. The van der Waals surface area contributed by atoms with Gasteiger partial charge in [-0.2, -0.15) is 0 Å². The Hall–Kier alpha value is -2.00. The van der Waals surface area contributed by atoms with E-state index >= 15 is 0 Å². The third-order valence-corrected chi connectivity index (χ3v) is 4.11. The van der Waals surface area contributed by atoms with Gasteiger partial charge in [-0.15, -0.1) is 11.3 Å². The summed E-state index contributed by atoms with van der Waals surface area (Å²) < 4.78 is 1.11. The lowest BCUT2D eigenvalue weighted by Gasteiger charge is -2.00. The van der Waals surface area contributed by atoms with Crippen molar-refractivity contribution in [3.63, 3.8) is 0 Å². The number of phenols is 1. The van der Waals surface area contributed by atoms with E-state index in [-0.39, 0.29) is 0 Å². The van der Waals surface area contributed by atoms with Gasteiger partial charge in [0.15, 0.2) is 0 Å². The number of aromatic hydroxyl groups is 1. The van der Waals surface area contributed by atoms with Crippen molar-refractivity contribution in [3.8, 4) is 16.2 Å². The van der Waals surface area contributed by atoms with Crippen LogP contribution in [0.5, 0.6) is 5.75 Å². The van der Waals surface area contributed by atoms with Gasteiger partial charge in [0.05, 0.1) is 0 Å². The fourth-order valence-electron chi connectivity index (χ4n) is 1.96. The summed E-state index contributed by atoms with van der Waals surface area (Å²) in [6, 6.07) is 16.0. The molecule has 0 atom stereocenters. The molecule has 1 aromatic heterocycles. The monoisotopic (exact) mass is 255 g/mol. The van der Waals surface area contributed by atoms with Gasteiger partial charge in [-0.1, -0.05) is 12.1 Å². The van der Waals surface area contributed by atoms with Crippen molar-refractivity contribution in [2.75, 3.05) is 12.4 Å². The number of fused-ring (bicyclic) bond motifs is 1. The number of hydrogen-bond acceptors (Lipinski definition) is 3. The lowest BCUT2D eigenvalue weighted by molar-refractivity contribution is 0.476. The summed E-state index contributed by atoms with van der Waals surface area (Å²) in [7, 11) is 1.91. The average Bonchev–Trinajstić information content (AvgIpc) is 2.81. The summed E-state index contributed by atoms with van der Waals surface area (Å²) in [5, 5.41) is 13.8. The lowest BCUT2D eigenvalue weighted by Crippen LogP contribution is -1.86. The second-order valence-corrected chi connectivity index (χ2v) is 5.24. The first-order valence-corrected chi connectivity index (χ1v) is 6.59. The van der Waals surface area contributed by atoms with Gasteiger partial charge in [-0.3, -0.25) is 0 Å². The molecule has 0 spiro atoms. The first kappa shape index (κ1) is 11.1. The standard InChI is InChI=1S/C15H13NOS/c1-16-12-5-2-10(3-6-12)14-8-11-4-7-13(17)9-15(11)18-14/h2-9,16-17H,1H3. The van der Waals surface area contributed by atoms with Crippen molar-refractivity contribution in [1.29, 1.82) is 0 Å². The topological polar surface area (TPSA) is 32.3 Å². The normalized spacial score (nSPS) is 10.7. The summed E-state index contributed by atoms with van der Waals surface area (Å²) in [5.41, 5.74) is 2.31. The van der Waals surface area contributed by atoms with Crippen molar-refractivity contribution in [2.45, 2.75) is 0 Å². The van der Waals surface area contributed by atoms with Gasteiger partial charge >= 0.3 is 0 Å². The zero-order valence-corrected chi connectivity index (χ0v) is 10.8. The number of anilines is 1. The van der Waals surface area contributed by atoms with E-state index in [9.17, 15) is 5.11 Å². The molecule has 0 aliphatic heterocycles. The van der Waals surface area contributed by atoms with Gasteiger partial charge in [0, 0.05) is 22.3 Å². The average molecular weight is 255 g/mol. The van der Waals surface area contributed by atoms with Gasteiger partial charge in [0.2, 0.25) is 0 Å². The third-order valence-electron chi connectivity index (χ3n) is 2.96. The second kappa shape index (κ2) is 4.35. The first-order valence-electron chi connectivity index (χ1n) is 5.77. The molecule has 0 unspecified atom stereocenters. The Morgan fingerprint density at radius 2 is 1.78 bits per heavy atom. The Morgan fingerprint density at radius 1 is 1.00 bits per heavy atom. The van der Waals surface area contributed by atoms with E-state index in [1.165, 1.54) is 15.8 Å². The van der Waals surface area contributed by atoms with Crippen LogP contribution >= 0.6 is 11.3 Å². The van der Waals surface area contributed by atoms with Gasteiger partial charge in [-0.05, 0) is 47.3 Å². The van der Waals surface area contributed by atoms with Crippen molar-refractivity contribution in [2.24, 2.45) is 0 Å². The summed E-state index contributed by atoms with van der Waals surface area (Å²) in [6.07, 6.45) is 0. The predicted octanol–water partition coefficient (Wildman–Crippen LogP) is 4.32. The van der Waals surface area contributed by atoms with E-state index in [0.29, 0.717) is 5.75 Å². The van der Waals surface area contributed by atoms with E-state index in [1.54, 1.807) is 17.4 Å². The van der Waals surface area contributed by atoms with E-state index in [2.05, 4.69) is 35.6 Å². The molecule has 0 aliphatic carbocycles. The van der Waals surface area contributed by atoms with Crippen molar-refractivity contribution < 1.29 is 5.11 Å². The predicted molar refractivity (Wildman–Crippen MR) is 78.5 cm³/mol. The molecular formula is C15H13NOS. The first-order chi connectivity index (χ1) is 8.76. The molecule has 1 heterocycles. The molecule has 2 N–H and O–H groups in total. The van der Waals surface area contributed by atoms with Crippen LogP contribution in [0.25, 0.3) is 20.5 Å². The molecule has 90 valence electrons. The number of benzene rings is 2. The highest BCUT2D eigenvalue weighted by Crippen LogP contribution is 2.35. The quantitative estimate of drug-likeness (QED) is 0.715. The molecule has 3 aromatic rings. The SMILES string of the molecule is CNc1ccc(-c2cc3ccc(O)cc3s2)cc1. The molecule has 0 radical (unpaired) electrons. The van der Waals surface area contributed by atoms with Crippen molar-refractivity contribution in [1.82, 2.24) is 0 Å². The minimum Gasteiger partial charge on any atom is -0.508 e. The zero-order valence-electron chi connectivity index (χ0n) is 9.97. The van der Waals surface area contributed by atoms with Crippen LogP contribution in [0, 0.1) is 0 Å². The summed E-state index contributed by atoms with van der Waals surface area (Å²) in [5.74, 6) is 0.321. The highest BCUT2D eigenvalue weighted by molar-refractivity contribution is 7.22. The summed E-state index contributed by atoms with van der Waals surface area (Å²) >= 11 is 1.70. The largest absolute Gasteiger partial charge is 0.508 e. The molecule has 2 nitrogen and oxygen atoms in total. The minimum absolute atomic E-state index is 0.321. The molecule has 0 bridgehead atoms. The maximum Gasteiger partial charge on any atom is 0.117 e. The van der Waals surface area contributed by atoms with Crippen LogP contribution < -0.4 is 5.32 Å². The number of nitrogens with one attached hydrogen (secondary N) is 1. The zero-order chi connectivity index (χ0) is 12.5. The fourth-order valence-corrected chi connectivity index (χ4v) is 3.06. The van der Waals surface area contributed by atoms with Crippen LogP contribution in [0.2, 0.25) is 0 Å². The second-order valence-electron chi connectivity index (χ2n) is 4.16. The Bertz CT molecular complexity index is 685. The van der Waals surface area contributed by atoms with Crippen LogP contribution in [-0.4, -0.2) is 12.2 Å². The Balaban J connectivity index is 2.07. The van der Waals surface area contributed by atoms with E-state index in [1.807, 2.05) is 19.2 Å². The van der Waals surface area contributed by atoms with Crippen molar-refractivity contribution in [3.05, 3.63) is 48.5 Å². The van der Waals surface area contributed by atoms with Crippen LogP contribution in [0.3, 0.4) is 0 Å². The molecule has 3 heteroatoms. The lowest BCUT2D eigenvalue weighted by atomic mass is 10.1. The fraction of sp³-hybridized carbons (Fsp3) is 0.0667. The van der Waals surface area contributed by atoms with Crippen LogP contribution in [0.4, 0.5) is 5.69 Å². The van der Waals surface area contributed by atoms with Gasteiger partial charge < -0.3 is 10.4 Å². The minimum atomic E-state index is 0.321. The van der Waals surface area contributed by atoms with Crippen LogP contribution in [0.15, 0.2) is 48.5 Å². The third kappa shape index (κ3) is 1.93. The number of hydrogen-bond donors (Lipinski definition) is 2. The van der Waals surface area contributed by atoms with Crippen LogP contribution in [0.1, 0.15) is 0 Å². The maximum absolute atomic E-state index is 9.48. The van der Waals surface area contributed by atoms with E-state index < -0.39 is 0 Å². The maximum atomic E-state index is 9.48. The summed E-state index contributed by atoms with van der Waals surface area (Å²) in [4.78, 5) is 1.22. The highest BCUT2D eigenvalue weighted by atomic mass is 32.1. The Kier molecular flexibility index (Phi) is 2.68. The van der Waals surface area contributed by atoms with E-state index in [0.717, 1.165) is 10.4 Å². The summed E-state index contributed by atoms with van der Waals surface area (Å²) in [6.45, 7) is 0. The number of thiophene rings is 1. The molecule has 0 fully saturated rings. The smallest absolute Gasteiger partial charge is 0.117 e. The molecule has 0 amide bonds. The molecule has 2 aromatic carbocycles. The van der Waals surface area contributed by atoms with Crippen molar-refractivity contribution >= 4 is 27.1 Å². The molecule has 0 saturated carbocycles. The molecular weight excluding hydrogens is 242 g/mol. The van der Waals surface area contributed by atoms with Gasteiger partial charge in [-0.25, -0.2) is 0 Å². The van der Waals surface area contributed by atoms with E-state index in [4.69, 9.17) is 0 Å². The molecule has 0 aliphatic rings.